The molecule has 4 rings (SSSR count). The van der Waals surface area contributed by atoms with Gasteiger partial charge in [0.05, 0.1) is 24.8 Å². The molecule has 0 N–H and O–H groups in total. The maximum atomic E-state index is 14.8. The van der Waals surface area contributed by atoms with Crippen LogP contribution in [0.1, 0.15) is 12.0 Å². The first-order valence-electron chi connectivity index (χ1n) is 10.7. The molecule has 0 bridgehead atoms. The minimum atomic E-state index is -4.34. The Hall–Kier alpha value is -3.59. The summed E-state index contributed by atoms with van der Waals surface area (Å²) in [6.45, 7) is -0.108. The van der Waals surface area contributed by atoms with Gasteiger partial charge >= 0.3 is 0 Å². The molecule has 0 fully saturated rings. The summed E-state index contributed by atoms with van der Waals surface area (Å²) in [5.41, 5.74) is 1.55. The van der Waals surface area contributed by atoms with Crippen LogP contribution in [0.2, 0.25) is 0 Å². The van der Waals surface area contributed by atoms with Crippen LogP contribution in [-0.4, -0.2) is 41.6 Å². The minimum absolute atomic E-state index is 0.153. The maximum absolute atomic E-state index is 14.8. The zero-order valence-corrected chi connectivity index (χ0v) is 19.7. The average molecular weight is 485 g/mol. The van der Waals surface area contributed by atoms with Crippen LogP contribution in [0.4, 0.5) is 15.8 Å². The van der Waals surface area contributed by atoms with Crippen LogP contribution in [0.25, 0.3) is 0 Å². The Labute approximate surface area is 198 Å². The molecule has 0 aromatic heterocycles. The molecule has 0 atom stereocenters. The second kappa shape index (κ2) is 9.72. The number of carbonyl (C=O) groups is 1. The third kappa shape index (κ3) is 4.43. The van der Waals surface area contributed by atoms with Gasteiger partial charge in [-0.1, -0.05) is 30.3 Å². The van der Waals surface area contributed by atoms with Gasteiger partial charge in [-0.2, -0.15) is 0 Å². The van der Waals surface area contributed by atoms with Crippen molar-refractivity contribution in [2.24, 2.45) is 0 Å². The Morgan fingerprint density at radius 1 is 1.00 bits per heavy atom. The fraction of sp³-hybridized carbons (Fsp3) is 0.240. The number of benzene rings is 3. The lowest BCUT2D eigenvalue weighted by Gasteiger charge is -2.32. The van der Waals surface area contributed by atoms with Crippen molar-refractivity contribution < 1.29 is 27.1 Å². The summed E-state index contributed by atoms with van der Waals surface area (Å²) >= 11 is 0. The summed E-state index contributed by atoms with van der Waals surface area (Å²) < 4.78 is 53.5. The summed E-state index contributed by atoms with van der Waals surface area (Å²) in [5, 5.41) is 0. The number of halogens is 1. The molecule has 1 aliphatic rings. The fourth-order valence-electron chi connectivity index (χ4n) is 4.06. The smallest absolute Gasteiger partial charge is 0.265 e. The van der Waals surface area contributed by atoms with E-state index in [1.54, 1.807) is 4.90 Å². The van der Waals surface area contributed by atoms with Crippen molar-refractivity contribution in [2.75, 3.05) is 36.5 Å². The van der Waals surface area contributed by atoms with E-state index in [-0.39, 0.29) is 16.3 Å². The standard InChI is InChI=1S/C25H25FN2O5S/c1-32-23-14-13-19(16-24(23)33-2)34(30,31)28(22-12-6-4-10-20(22)26)17-25(29)27-15-7-9-18-8-3-5-11-21(18)27/h3-6,8,10-14,16H,7,9,15,17H2,1-2H3. The van der Waals surface area contributed by atoms with E-state index >= 15 is 0 Å². The van der Waals surface area contributed by atoms with E-state index in [1.165, 1.54) is 50.6 Å². The van der Waals surface area contributed by atoms with Gasteiger partial charge < -0.3 is 14.4 Å². The highest BCUT2D eigenvalue weighted by Crippen LogP contribution is 2.33. The molecule has 1 heterocycles. The number of hydrogen-bond donors (Lipinski definition) is 0. The molecule has 3 aromatic carbocycles. The van der Waals surface area contributed by atoms with Gasteiger partial charge in [-0.05, 0) is 48.7 Å². The van der Waals surface area contributed by atoms with Crippen LogP contribution in [0, 0.1) is 5.82 Å². The highest BCUT2D eigenvalue weighted by molar-refractivity contribution is 7.92. The molecule has 178 valence electrons. The Kier molecular flexibility index (Phi) is 6.74. The van der Waals surface area contributed by atoms with Gasteiger partial charge in [-0.25, -0.2) is 12.8 Å². The van der Waals surface area contributed by atoms with Gasteiger partial charge in [0.25, 0.3) is 10.0 Å². The van der Waals surface area contributed by atoms with Gasteiger partial charge in [0, 0.05) is 18.3 Å². The Balaban J connectivity index is 1.76. The van der Waals surface area contributed by atoms with Crippen molar-refractivity contribution in [3.05, 3.63) is 78.1 Å². The van der Waals surface area contributed by atoms with Crippen molar-refractivity contribution in [3.8, 4) is 11.5 Å². The van der Waals surface area contributed by atoms with Crippen molar-refractivity contribution >= 4 is 27.3 Å². The number of ether oxygens (including phenoxy) is 2. The molecule has 1 amide bonds. The SMILES string of the molecule is COc1ccc(S(=O)(=O)N(CC(=O)N2CCCc3ccccc32)c2ccccc2F)cc1OC. The molecule has 0 aliphatic carbocycles. The number of sulfonamides is 1. The largest absolute Gasteiger partial charge is 0.493 e. The molecule has 0 saturated carbocycles. The first-order valence-corrected chi connectivity index (χ1v) is 12.2. The van der Waals surface area contributed by atoms with Gasteiger partial charge in [0.2, 0.25) is 5.91 Å². The van der Waals surface area contributed by atoms with Crippen LogP contribution in [0.5, 0.6) is 11.5 Å². The Morgan fingerprint density at radius 2 is 1.71 bits per heavy atom. The summed E-state index contributed by atoms with van der Waals surface area (Å²) in [6, 6.07) is 17.1. The lowest BCUT2D eigenvalue weighted by molar-refractivity contribution is -0.117. The number of fused-ring (bicyclic) bond motifs is 1. The molecule has 0 spiro atoms. The van der Waals surface area contributed by atoms with Crippen LogP contribution in [0.3, 0.4) is 0 Å². The molecule has 0 radical (unpaired) electrons. The molecule has 7 nitrogen and oxygen atoms in total. The van der Waals surface area contributed by atoms with Crippen molar-refractivity contribution in [1.82, 2.24) is 0 Å². The van der Waals surface area contributed by atoms with E-state index in [0.717, 1.165) is 34.5 Å². The third-order valence-corrected chi connectivity index (χ3v) is 7.51. The van der Waals surface area contributed by atoms with Crippen LogP contribution in [0.15, 0.2) is 71.6 Å². The summed E-state index contributed by atoms with van der Waals surface area (Å²) in [4.78, 5) is 14.8. The first-order chi connectivity index (χ1) is 16.4. The molecule has 9 heteroatoms. The second-order valence-corrected chi connectivity index (χ2v) is 9.62. The number of aryl methyl sites for hydroxylation is 1. The minimum Gasteiger partial charge on any atom is -0.493 e. The summed E-state index contributed by atoms with van der Waals surface area (Å²) in [5.74, 6) is -0.647. The number of hydrogen-bond acceptors (Lipinski definition) is 5. The zero-order valence-electron chi connectivity index (χ0n) is 18.9. The van der Waals surface area contributed by atoms with E-state index in [9.17, 15) is 17.6 Å². The molecular formula is C25H25FN2O5S. The number of nitrogens with zero attached hydrogens (tertiary/aromatic N) is 2. The fourth-order valence-corrected chi connectivity index (χ4v) is 5.50. The van der Waals surface area contributed by atoms with E-state index in [0.29, 0.717) is 12.3 Å². The van der Waals surface area contributed by atoms with Crippen LogP contribution in [-0.2, 0) is 21.2 Å². The van der Waals surface area contributed by atoms with Crippen molar-refractivity contribution in [3.63, 3.8) is 0 Å². The lowest BCUT2D eigenvalue weighted by atomic mass is 10.0. The highest BCUT2D eigenvalue weighted by atomic mass is 32.2. The monoisotopic (exact) mass is 484 g/mol. The molecule has 3 aromatic rings. The maximum Gasteiger partial charge on any atom is 0.265 e. The van der Waals surface area contributed by atoms with E-state index in [2.05, 4.69) is 0 Å². The van der Waals surface area contributed by atoms with Crippen molar-refractivity contribution in [2.45, 2.75) is 17.7 Å². The van der Waals surface area contributed by atoms with E-state index in [4.69, 9.17) is 9.47 Å². The normalized spacial score (nSPS) is 13.2. The Bertz CT molecular complexity index is 1310. The Morgan fingerprint density at radius 3 is 2.44 bits per heavy atom. The molecule has 0 unspecified atom stereocenters. The lowest BCUT2D eigenvalue weighted by Crippen LogP contribution is -2.45. The third-order valence-electron chi connectivity index (χ3n) is 5.75. The van der Waals surface area contributed by atoms with Gasteiger partial charge in [-0.15, -0.1) is 0 Å². The molecule has 34 heavy (non-hydrogen) atoms. The number of para-hydroxylation sites is 2. The predicted octanol–water partition coefficient (Wildman–Crippen LogP) is 4.02. The van der Waals surface area contributed by atoms with E-state index in [1.807, 2.05) is 24.3 Å². The number of amides is 1. The number of anilines is 2. The average Bonchev–Trinajstić information content (AvgIpc) is 2.86. The van der Waals surface area contributed by atoms with Gasteiger partial charge in [0.15, 0.2) is 11.5 Å². The van der Waals surface area contributed by atoms with Crippen LogP contribution >= 0.6 is 0 Å². The molecule has 0 saturated heterocycles. The highest BCUT2D eigenvalue weighted by Gasteiger charge is 2.32. The zero-order chi connectivity index (χ0) is 24.3. The van der Waals surface area contributed by atoms with Crippen LogP contribution < -0.4 is 18.7 Å². The molecule has 1 aliphatic heterocycles. The van der Waals surface area contributed by atoms with Gasteiger partial charge in [0.1, 0.15) is 12.4 Å². The summed E-state index contributed by atoms with van der Waals surface area (Å²) in [6.07, 6.45) is 1.59. The summed E-state index contributed by atoms with van der Waals surface area (Å²) in [7, 11) is -1.51. The molecular weight excluding hydrogens is 459 g/mol. The second-order valence-electron chi connectivity index (χ2n) is 7.76. The number of carbonyl (C=O) groups excluding carboxylic acids is 1. The quantitative estimate of drug-likeness (QED) is 0.506. The van der Waals surface area contributed by atoms with E-state index < -0.39 is 28.3 Å². The first kappa shape index (κ1) is 23.6. The van der Waals surface area contributed by atoms with Gasteiger partial charge in [-0.3, -0.25) is 9.10 Å². The number of rotatable bonds is 7. The predicted molar refractivity (Wildman–Crippen MR) is 128 cm³/mol. The van der Waals surface area contributed by atoms with Crippen molar-refractivity contribution in [1.29, 1.82) is 0 Å². The number of methoxy groups -OCH3 is 2. The topological polar surface area (TPSA) is 76.2 Å².